The van der Waals surface area contributed by atoms with E-state index in [2.05, 4.69) is 9.97 Å². The van der Waals surface area contributed by atoms with E-state index in [1.807, 2.05) is 0 Å². The van der Waals surface area contributed by atoms with Gasteiger partial charge in [-0.3, -0.25) is 9.78 Å². The van der Waals surface area contributed by atoms with Gasteiger partial charge in [-0.25, -0.2) is 9.78 Å². The van der Waals surface area contributed by atoms with Crippen LogP contribution < -0.4 is 9.47 Å². The van der Waals surface area contributed by atoms with Crippen molar-refractivity contribution in [3.05, 3.63) is 57.8 Å². The van der Waals surface area contributed by atoms with E-state index in [1.54, 1.807) is 44.2 Å². The summed E-state index contributed by atoms with van der Waals surface area (Å²) in [6, 6.07) is 8.36. The van der Waals surface area contributed by atoms with E-state index < -0.39 is 17.9 Å². The Morgan fingerprint density at radius 2 is 1.82 bits per heavy atom. The maximum absolute atomic E-state index is 13.2. The van der Waals surface area contributed by atoms with Crippen molar-refractivity contribution < 1.29 is 28.5 Å². The number of nitrogens with zero attached hydrogens (tertiary/aromatic N) is 2. The smallest absolute Gasteiger partial charge is 0.340 e. The van der Waals surface area contributed by atoms with Gasteiger partial charge in [-0.2, -0.15) is 0 Å². The molecule has 1 atom stereocenters. The second-order valence-corrected chi connectivity index (χ2v) is 8.32. The van der Waals surface area contributed by atoms with Crippen LogP contribution in [-0.2, 0) is 14.3 Å². The number of ether oxygens (including phenoxy) is 4. The zero-order chi connectivity index (χ0) is 24.0. The molecule has 0 spiro atoms. The van der Waals surface area contributed by atoms with E-state index in [4.69, 9.17) is 30.5 Å². The zero-order valence-electron chi connectivity index (χ0n) is 18.6. The molecule has 0 bridgehead atoms. The Labute approximate surface area is 200 Å². The summed E-state index contributed by atoms with van der Waals surface area (Å²) in [4.78, 5) is 35.9. The molecule has 33 heavy (non-hydrogen) atoms. The third kappa shape index (κ3) is 5.43. The molecule has 0 aliphatic carbocycles. The molecule has 10 heteroatoms. The van der Waals surface area contributed by atoms with Crippen molar-refractivity contribution in [1.29, 1.82) is 0 Å². The molecule has 0 aliphatic rings. The van der Waals surface area contributed by atoms with Gasteiger partial charge in [-0.05, 0) is 32.0 Å². The van der Waals surface area contributed by atoms with Crippen LogP contribution >= 0.6 is 22.9 Å². The minimum absolute atomic E-state index is 0.130. The van der Waals surface area contributed by atoms with E-state index in [9.17, 15) is 9.59 Å². The molecule has 0 aliphatic heterocycles. The van der Waals surface area contributed by atoms with E-state index in [0.717, 1.165) is 4.88 Å². The van der Waals surface area contributed by atoms with Crippen molar-refractivity contribution in [2.75, 3.05) is 27.4 Å². The molecule has 3 aromatic rings. The molecule has 0 fully saturated rings. The molecular weight excluding hydrogens is 468 g/mol. The summed E-state index contributed by atoms with van der Waals surface area (Å²) in [6.45, 7) is 3.67. The maximum Gasteiger partial charge on any atom is 0.340 e. The predicted octanol–water partition coefficient (Wildman–Crippen LogP) is 4.75. The lowest BCUT2D eigenvalue weighted by Gasteiger charge is -2.20. The lowest BCUT2D eigenvalue weighted by molar-refractivity contribution is -0.144. The summed E-state index contributed by atoms with van der Waals surface area (Å²) in [7, 11) is 2.94. The number of halogens is 1. The number of aromatic nitrogens is 2. The van der Waals surface area contributed by atoms with Crippen molar-refractivity contribution in [3.63, 3.8) is 0 Å². The average Bonchev–Trinajstić information content (AvgIpc) is 3.25. The molecule has 0 amide bonds. The highest BCUT2D eigenvalue weighted by Gasteiger charge is 2.34. The summed E-state index contributed by atoms with van der Waals surface area (Å²) < 4.78 is 21.8. The van der Waals surface area contributed by atoms with Gasteiger partial charge in [0, 0.05) is 28.8 Å². The number of carbonyl (C=O) groups is 2. The summed E-state index contributed by atoms with van der Waals surface area (Å²) in [5, 5.41) is 0. The number of methoxy groups -OCH3 is 2. The van der Waals surface area contributed by atoms with Gasteiger partial charge in [-0.1, -0.05) is 11.6 Å². The monoisotopic (exact) mass is 490 g/mol. The second kappa shape index (κ2) is 11.1. The van der Waals surface area contributed by atoms with Crippen LogP contribution in [0.3, 0.4) is 0 Å². The largest absolute Gasteiger partial charge is 0.496 e. The molecule has 0 aromatic carbocycles. The van der Waals surface area contributed by atoms with Crippen LogP contribution in [0.5, 0.6) is 11.6 Å². The number of esters is 2. The Morgan fingerprint density at radius 3 is 2.42 bits per heavy atom. The Kier molecular flexibility index (Phi) is 8.24. The quantitative estimate of drug-likeness (QED) is 0.396. The fourth-order valence-electron chi connectivity index (χ4n) is 3.25. The minimum atomic E-state index is -1.14. The van der Waals surface area contributed by atoms with Gasteiger partial charge >= 0.3 is 11.9 Å². The van der Waals surface area contributed by atoms with Gasteiger partial charge in [0.15, 0.2) is 0 Å². The molecule has 8 nitrogen and oxygen atoms in total. The highest BCUT2D eigenvalue weighted by atomic mass is 35.5. The standard InChI is InChI=1S/C23H23ClN2O6S/c1-5-31-22(27)19-14(16-7-8-17(24)33-16)9-10-25-21(19)20(23(28)32-6-2)15-11-13(29-3)12-18(26-15)30-4/h7-12,20H,5-6H2,1-4H3. The van der Waals surface area contributed by atoms with Crippen molar-refractivity contribution in [3.8, 4) is 22.1 Å². The third-order valence-electron chi connectivity index (χ3n) is 4.63. The number of rotatable bonds is 9. The summed E-state index contributed by atoms with van der Waals surface area (Å²) in [6.07, 6.45) is 1.52. The van der Waals surface area contributed by atoms with Gasteiger partial charge in [0.05, 0.1) is 48.7 Å². The first kappa shape index (κ1) is 24.5. The summed E-state index contributed by atoms with van der Waals surface area (Å²) in [5.74, 6) is -1.73. The van der Waals surface area contributed by atoms with Crippen LogP contribution in [-0.4, -0.2) is 49.3 Å². The first-order valence-electron chi connectivity index (χ1n) is 10.1. The van der Waals surface area contributed by atoms with Crippen LogP contribution in [0.2, 0.25) is 4.34 Å². The van der Waals surface area contributed by atoms with Crippen molar-refractivity contribution >= 4 is 34.9 Å². The number of carbonyl (C=O) groups excluding carboxylic acids is 2. The Hall–Kier alpha value is -3.17. The van der Waals surface area contributed by atoms with Crippen LogP contribution in [0, 0.1) is 0 Å². The van der Waals surface area contributed by atoms with E-state index in [0.29, 0.717) is 15.6 Å². The summed E-state index contributed by atoms with van der Waals surface area (Å²) in [5.41, 5.74) is 1.08. The minimum Gasteiger partial charge on any atom is -0.496 e. The molecular formula is C23H23ClN2O6S. The fourth-order valence-corrected chi connectivity index (χ4v) is 4.32. The van der Waals surface area contributed by atoms with Gasteiger partial charge in [-0.15, -0.1) is 11.3 Å². The second-order valence-electron chi connectivity index (χ2n) is 6.60. The van der Waals surface area contributed by atoms with Gasteiger partial charge in [0.25, 0.3) is 0 Å². The highest BCUT2D eigenvalue weighted by molar-refractivity contribution is 7.19. The van der Waals surface area contributed by atoms with Crippen molar-refractivity contribution in [1.82, 2.24) is 9.97 Å². The molecule has 0 saturated carbocycles. The number of hydrogen-bond acceptors (Lipinski definition) is 9. The Morgan fingerprint density at radius 1 is 1.06 bits per heavy atom. The van der Waals surface area contributed by atoms with E-state index in [-0.39, 0.29) is 36.0 Å². The number of pyridine rings is 2. The lowest BCUT2D eigenvalue weighted by atomic mass is 9.92. The topological polar surface area (TPSA) is 96.8 Å². The first-order chi connectivity index (χ1) is 15.9. The predicted molar refractivity (Wildman–Crippen MR) is 124 cm³/mol. The zero-order valence-corrected chi connectivity index (χ0v) is 20.2. The highest BCUT2D eigenvalue weighted by Crippen LogP contribution is 2.38. The molecule has 174 valence electrons. The Bertz CT molecular complexity index is 1130. The van der Waals surface area contributed by atoms with Crippen LogP contribution in [0.15, 0.2) is 36.5 Å². The van der Waals surface area contributed by atoms with Gasteiger partial charge in [0.1, 0.15) is 11.7 Å². The maximum atomic E-state index is 13.2. The third-order valence-corrected chi connectivity index (χ3v) is 5.89. The van der Waals surface area contributed by atoms with Crippen LogP contribution in [0.25, 0.3) is 10.4 Å². The molecule has 3 rings (SSSR count). The van der Waals surface area contributed by atoms with Crippen LogP contribution in [0.4, 0.5) is 0 Å². The molecule has 0 saturated heterocycles. The van der Waals surface area contributed by atoms with Gasteiger partial charge in [0.2, 0.25) is 5.88 Å². The molecule has 3 heterocycles. The average molecular weight is 491 g/mol. The molecule has 1 unspecified atom stereocenters. The first-order valence-corrected chi connectivity index (χ1v) is 11.3. The molecule has 0 N–H and O–H groups in total. The molecule has 3 aromatic heterocycles. The van der Waals surface area contributed by atoms with Crippen LogP contribution in [0.1, 0.15) is 41.5 Å². The van der Waals surface area contributed by atoms with Gasteiger partial charge < -0.3 is 18.9 Å². The lowest BCUT2D eigenvalue weighted by Crippen LogP contribution is -2.23. The van der Waals surface area contributed by atoms with Crippen molar-refractivity contribution in [2.45, 2.75) is 19.8 Å². The molecule has 0 radical (unpaired) electrons. The van der Waals surface area contributed by atoms with E-state index >= 15 is 0 Å². The van der Waals surface area contributed by atoms with Crippen molar-refractivity contribution in [2.24, 2.45) is 0 Å². The SMILES string of the molecule is CCOC(=O)c1c(-c2ccc(Cl)s2)ccnc1C(C(=O)OCC)c1cc(OC)cc(OC)n1. The Balaban J connectivity index is 2.30. The number of thiophene rings is 1. The fraction of sp³-hybridized carbons (Fsp3) is 0.304. The normalized spacial score (nSPS) is 11.5. The van der Waals surface area contributed by atoms with E-state index in [1.165, 1.54) is 31.8 Å². The summed E-state index contributed by atoms with van der Waals surface area (Å²) >= 11 is 7.43. The number of hydrogen-bond donors (Lipinski definition) is 0.